The maximum Gasteiger partial charge on any atom is 0.158 e. The molecule has 0 spiro atoms. The predicted octanol–water partition coefficient (Wildman–Crippen LogP) is 2.80. The molecule has 0 bridgehead atoms. The van der Waals surface area contributed by atoms with Gasteiger partial charge in [-0.05, 0) is 32.6 Å². The van der Waals surface area contributed by atoms with Crippen LogP contribution in [0.1, 0.15) is 37.3 Å². The highest BCUT2D eigenvalue weighted by Gasteiger charge is 2.27. The van der Waals surface area contributed by atoms with Crippen LogP contribution in [0.3, 0.4) is 0 Å². The minimum atomic E-state index is 0.368. The zero-order valence-electron chi connectivity index (χ0n) is 12.3. The van der Waals surface area contributed by atoms with Gasteiger partial charge in [0.25, 0.3) is 0 Å². The normalized spacial score (nSPS) is 18.8. The third-order valence-corrected chi connectivity index (χ3v) is 4.62. The number of hydrogen-bond acceptors (Lipinski definition) is 3. The topological polar surface area (TPSA) is 44.9 Å². The van der Waals surface area contributed by atoms with Gasteiger partial charge in [-0.2, -0.15) is 5.10 Å². The van der Waals surface area contributed by atoms with Crippen LogP contribution >= 0.6 is 11.6 Å². The molecule has 1 fully saturated rings. The number of aryl methyl sites for hydroxylation is 2. The number of halogens is 1. The maximum atomic E-state index is 6.11. The van der Waals surface area contributed by atoms with Crippen molar-refractivity contribution in [2.24, 2.45) is 13.0 Å². The lowest BCUT2D eigenvalue weighted by atomic mass is 9.92. The van der Waals surface area contributed by atoms with Crippen molar-refractivity contribution in [1.29, 1.82) is 0 Å². The van der Waals surface area contributed by atoms with Crippen molar-refractivity contribution in [3.05, 3.63) is 11.5 Å². The molecule has 1 unspecified atom stereocenters. The van der Waals surface area contributed by atoms with Crippen LogP contribution in [0.4, 0.5) is 0 Å². The van der Waals surface area contributed by atoms with Crippen LogP contribution in [0.2, 0.25) is 0 Å². The van der Waals surface area contributed by atoms with Crippen molar-refractivity contribution < 1.29 is 4.74 Å². The first-order valence-corrected chi connectivity index (χ1v) is 7.71. The fraction of sp³-hybridized carbons (Fsp3) is 0.714. The number of imidazole rings is 1. The Morgan fingerprint density at radius 3 is 2.75 bits per heavy atom. The zero-order chi connectivity index (χ0) is 14.3. The summed E-state index contributed by atoms with van der Waals surface area (Å²) in [7, 11) is 1.97. The lowest BCUT2D eigenvalue weighted by Crippen LogP contribution is -2.25. The molecule has 0 radical (unpaired) electrons. The summed E-state index contributed by atoms with van der Waals surface area (Å²) >= 11 is 6.11. The molecule has 110 valence electrons. The number of fused-ring (bicyclic) bond motifs is 1. The van der Waals surface area contributed by atoms with Gasteiger partial charge in [-0.1, -0.05) is 0 Å². The van der Waals surface area contributed by atoms with E-state index in [-0.39, 0.29) is 0 Å². The highest BCUT2D eigenvalue weighted by Crippen LogP contribution is 2.32. The molecule has 0 aliphatic carbocycles. The number of aromatic nitrogens is 4. The molecule has 2 aromatic rings. The van der Waals surface area contributed by atoms with E-state index >= 15 is 0 Å². The molecule has 3 rings (SSSR count). The largest absolute Gasteiger partial charge is 0.381 e. The lowest BCUT2D eigenvalue weighted by Gasteiger charge is -2.29. The average Bonchev–Trinajstić information content (AvgIpc) is 2.98. The third-order valence-electron chi connectivity index (χ3n) is 4.38. The van der Waals surface area contributed by atoms with Crippen molar-refractivity contribution in [2.75, 3.05) is 13.2 Å². The van der Waals surface area contributed by atoms with Crippen LogP contribution in [0.25, 0.3) is 11.2 Å². The third kappa shape index (κ3) is 2.13. The van der Waals surface area contributed by atoms with E-state index in [1.165, 1.54) is 0 Å². The van der Waals surface area contributed by atoms with Gasteiger partial charge in [-0.3, -0.25) is 4.68 Å². The molecule has 3 heterocycles. The summed E-state index contributed by atoms with van der Waals surface area (Å²) < 4.78 is 9.67. The summed E-state index contributed by atoms with van der Waals surface area (Å²) in [5.74, 6) is 1.98. The zero-order valence-corrected chi connectivity index (χ0v) is 13.0. The molecule has 20 heavy (non-hydrogen) atoms. The highest BCUT2D eigenvalue weighted by molar-refractivity contribution is 6.16. The van der Waals surface area contributed by atoms with E-state index in [9.17, 15) is 0 Å². The fourth-order valence-electron chi connectivity index (χ4n) is 3.27. The van der Waals surface area contributed by atoms with Crippen LogP contribution in [0, 0.1) is 12.8 Å². The second-order valence-electron chi connectivity index (χ2n) is 5.60. The van der Waals surface area contributed by atoms with Crippen LogP contribution in [-0.2, 0) is 17.7 Å². The van der Waals surface area contributed by atoms with E-state index in [0.717, 1.165) is 48.7 Å². The Labute approximate surface area is 123 Å². The molecule has 0 N–H and O–H groups in total. The van der Waals surface area contributed by atoms with E-state index in [2.05, 4.69) is 21.6 Å². The molecule has 1 aliphatic rings. The quantitative estimate of drug-likeness (QED) is 0.818. The van der Waals surface area contributed by atoms with Crippen molar-refractivity contribution >= 4 is 22.8 Å². The van der Waals surface area contributed by atoms with Gasteiger partial charge in [-0.25, -0.2) is 4.98 Å². The van der Waals surface area contributed by atoms with Gasteiger partial charge < -0.3 is 9.30 Å². The Morgan fingerprint density at radius 1 is 1.40 bits per heavy atom. The molecule has 6 heteroatoms. The Balaban J connectivity index is 2.08. The molecule has 0 aromatic carbocycles. The Morgan fingerprint density at radius 2 is 2.10 bits per heavy atom. The lowest BCUT2D eigenvalue weighted by molar-refractivity contribution is 0.0514. The first kappa shape index (κ1) is 13.9. The van der Waals surface area contributed by atoms with Crippen LogP contribution in [0.15, 0.2) is 0 Å². The maximum absolute atomic E-state index is 6.11. The van der Waals surface area contributed by atoms with E-state index in [1.54, 1.807) is 0 Å². The second-order valence-corrected chi connectivity index (χ2v) is 5.87. The van der Waals surface area contributed by atoms with Crippen molar-refractivity contribution in [2.45, 2.75) is 38.6 Å². The summed E-state index contributed by atoms with van der Waals surface area (Å²) in [6.07, 6.45) is 2.19. The molecule has 1 atom stereocenters. The molecule has 1 aliphatic heterocycles. The standard InChI is InChI=1S/C14H21ClN4O/c1-9-13-14(18(3)17-9)19(12(8-15)16-13)10(2)11-4-6-20-7-5-11/h10-11H,4-8H2,1-3H3. The first-order chi connectivity index (χ1) is 9.63. The number of rotatable bonds is 3. The number of alkyl halides is 1. The van der Waals surface area contributed by atoms with Gasteiger partial charge in [0.15, 0.2) is 5.65 Å². The number of hydrogen-bond donors (Lipinski definition) is 0. The Kier molecular flexibility index (Phi) is 3.73. The number of ether oxygens (including phenoxy) is 1. The van der Waals surface area contributed by atoms with Gasteiger partial charge in [0.1, 0.15) is 11.3 Å². The van der Waals surface area contributed by atoms with Gasteiger partial charge >= 0.3 is 0 Å². The predicted molar refractivity (Wildman–Crippen MR) is 79.0 cm³/mol. The molecular formula is C14H21ClN4O. The van der Waals surface area contributed by atoms with Crippen molar-refractivity contribution in [1.82, 2.24) is 19.3 Å². The summed E-state index contributed by atoms with van der Waals surface area (Å²) in [5.41, 5.74) is 3.02. The Hall–Kier alpha value is -1.07. The van der Waals surface area contributed by atoms with Gasteiger partial charge in [0.05, 0.1) is 11.6 Å². The molecule has 0 saturated carbocycles. The van der Waals surface area contributed by atoms with E-state index in [4.69, 9.17) is 16.3 Å². The minimum absolute atomic E-state index is 0.368. The highest BCUT2D eigenvalue weighted by atomic mass is 35.5. The second kappa shape index (κ2) is 5.37. The average molecular weight is 297 g/mol. The van der Waals surface area contributed by atoms with E-state index < -0.39 is 0 Å². The summed E-state index contributed by atoms with van der Waals surface area (Å²) in [4.78, 5) is 4.68. The van der Waals surface area contributed by atoms with Gasteiger partial charge in [0.2, 0.25) is 0 Å². The molecule has 2 aromatic heterocycles. The van der Waals surface area contributed by atoms with Crippen molar-refractivity contribution in [3.63, 3.8) is 0 Å². The van der Waals surface area contributed by atoms with Gasteiger partial charge in [-0.15, -0.1) is 11.6 Å². The monoisotopic (exact) mass is 296 g/mol. The van der Waals surface area contributed by atoms with Crippen LogP contribution < -0.4 is 0 Å². The van der Waals surface area contributed by atoms with Crippen molar-refractivity contribution in [3.8, 4) is 0 Å². The first-order valence-electron chi connectivity index (χ1n) is 7.17. The molecule has 5 nitrogen and oxygen atoms in total. The SMILES string of the molecule is Cc1nn(C)c2c1nc(CCl)n2C(C)C1CCOCC1. The van der Waals surface area contributed by atoms with E-state index in [0.29, 0.717) is 17.8 Å². The van der Waals surface area contributed by atoms with E-state index in [1.807, 2.05) is 18.7 Å². The smallest absolute Gasteiger partial charge is 0.158 e. The summed E-state index contributed by atoms with van der Waals surface area (Å²) in [5, 5.41) is 4.48. The molecule has 0 amide bonds. The minimum Gasteiger partial charge on any atom is -0.381 e. The Bertz CT molecular complexity index is 612. The van der Waals surface area contributed by atoms with Crippen LogP contribution in [-0.4, -0.2) is 32.5 Å². The number of nitrogens with zero attached hydrogens (tertiary/aromatic N) is 4. The summed E-state index contributed by atoms with van der Waals surface area (Å²) in [6.45, 7) is 5.97. The van der Waals surface area contributed by atoms with Crippen LogP contribution in [0.5, 0.6) is 0 Å². The fourth-order valence-corrected chi connectivity index (χ4v) is 3.46. The van der Waals surface area contributed by atoms with Gasteiger partial charge in [0, 0.05) is 26.3 Å². The summed E-state index contributed by atoms with van der Waals surface area (Å²) in [6, 6.07) is 0.368. The molecule has 1 saturated heterocycles. The molecular weight excluding hydrogens is 276 g/mol.